The zero-order chi connectivity index (χ0) is 27.6. The molecule has 3 aromatic carbocycles. The molecule has 4 rings (SSSR count). The number of piperidine rings is 1. The van der Waals surface area contributed by atoms with Gasteiger partial charge in [-0.15, -0.1) is 0 Å². The quantitative estimate of drug-likeness (QED) is 0.271. The van der Waals surface area contributed by atoms with Crippen molar-refractivity contribution in [3.05, 3.63) is 107 Å². The number of rotatable bonds is 9. The zero-order valence-electron chi connectivity index (χ0n) is 22.7. The summed E-state index contributed by atoms with van der Waals surface area (Å²) >= 11 is 0. The lowest BCUT2D eigenvalue weighted by Gasteiger charge is -2.31. The summed E-state index contributed by atoms with van der Waals surface area (Å²) in [5.41, 5.74) is 4.76. The first-order chi connectivity index (χ1) is 18.9. The first kappa shape index (κ1) is 27.8. The highest BCUT2D eigenvalue weighted by atomic mass is 16.5. The Morgan fingerprint density at radius 1 is 0.974 bits per heavy atom. The van der Waals surface area contributed by atoms with Crippen LogP contribution in [0.5, 0.6) is 0 Å². The van der Waals surface area contributed by atoms with Gasteiger partial charge < -0.3 is 14.5 Å². The van der Waals surface area contributed by atoms with Gasteiger partial charge in [-0.3, -0.25) is 14.4 Å². The molecule has 0 aliphatic carbocycles. The molecule has 1 saturated heterocycles. The third-order valence-electron chi connectivity index (χ3n) is 6.90. The number of ether oxygens (including phenoxy) is 1. The van der Waals surface area contributed by atoms with Crippen molar-refractivity contribution in [1.29, 1.82) is 0 Å². The van der Waals surface area contributed by atoms with Gasteiger partial charge in [-0.1, -0.05) is 72.3 Å². The minimum atomic E-state index is -0.254. The Morgan fingerprint density at radius 2 is 1.74 bits per heavy atom. The lowest BCUT2D eigenvalue weighted by atomic mass is 9.97. The van der Waals surface area contributed by atoms with Gasteiger partial charge in [0.05, 0.1) is 25.5 Å². The molecule has 0 bridgehead atoms. The second-order valence-electron chi connectivity index (χ2n) is 9.93. The number of benzene rings is 3. The molecule has 202 valence electrons. The predicted molar refractivity (Wildman–Crippen MR) is 154 cm³/mol. The van der Waals surface area contributed by atoms with E-state index in [1.165, 1.54) is 0 Å². The van der Waals surface area contributed by atoms with Crippen molar-refractivity contribution in [2.75, 3.05) is 24.6 Å². The molecular formula is C33H36N2O4. The number of hydrogen-bond donors (Lipinski definition) is 0. The van der Waals surface area contributed by atoms with E-state index in [2.05, 4.69) is 6.07 Å². The van der Waals surface area contributed by atoms with Crippen molar-refractivity contribution < 1.29 is 19.1 Å². The summed E-state index contributed by atoms with van der Waals surface area (Å²) in [7, 11) is 0. The average Bonchev–Trinajstić information content (AvgIpc) is 2.96. The molecule has 1 aliphatic rings. The van der Waals surface area contributed by atoms with Crippen molar-refractivity contribution in [3.63, 3.8) is 0 Å². The fourth-order valence-electron chi connectivity index (χ4n) is 4.85. The molecule has 0 saturated carbocycles. The van der Waals surface area contributed by atoms with Crippen LogP contribution >= 0.6 is 0 Å². The first-order valence-corrected chi connectivity index (χ1v) is 13.6. The summed E-state index contributed by atoms with van der Waals surface area (Å²) in [5.74, 6) is -0.605. The number of esters is 1. The van der Waals surface area contributed by atoms with E-state index < -0.39 is 0 Å². The Balaban J connectivity index is 1.47. The maximum Gasteiger partial charge on any atom is 0.310 e. The monoisotopic (exact) mass is 524 g/mol. The lowest BCUT2D eigenvalue weighted by molar-refractivity contribution is -0.151. The van der Waals surface area contributed by atoms with E-state index in [9.17, 15) is 14.4 Å². The van der Waals surface area contributed by atoms with Crippen LogP contribution in [0.2, 0.25) is 0 Å². The second-order valence-corrected chi connectivity index (χ2v) is 9.93. The summed E-state index contributed by atoms with van der Waals surface area (Å²) < 4.78 is 5.16. The minimum absolute atomic E-state index is 0.00441. The molecule has 2 amide bonds. The molecule has 0 unspecified atom stereocenters. The fraction of sp³-hybridized carbons (Fsp3) is 0.303. The fourth-order valence-corrected chi connectivity index (χ4v) is 4.85. The molecule has 1 fully saturated rings. The van der Waals surface area contributed by atoms with Gasteiger partial charge in [-0.2, -0.15) is 0 Å². The van der Waals surface area contributed by atoms with E-state index in [1.54, 1.807) is 22.8 Å². The molecule has 0 spiro atoms. The molecule has 0 radical (unpaired) electrons. The van der Waals surface area contributed by atoms with Crippen molar-refractivity contribution in [2.45, 2.75) is 39.7 Å². The molecule has 6 nitrogen and oxygen atoms in total. The van der Waals surface area contributed by atoms with Gasteiger partial charge in [-0.25, -0.2) is 0 Å². The van der Waals surface area contributed by atoms with Gasteiger partial charge in [0.25, 0.3) is 5.91 Å². The van der Waals surface area contributed by atoms with E-state index in [-0.39, 0.29) is 30.1 Å². The van der Waals surface area contributed by atoms with Gasteiger partial charge in [0.1, 0.15) is 0 Å². The Kier molecular flexibility index (Phi) is 9.68. The van der Waals surface area contributed by atoms with E-state index in [0.717, 1.165) is 40.8 Å². The summed E-state index contributed by atoms with van der Waals surface area (Å²) in [4.78, 5) is 42.0. The standard InChI is InChI=1S/C33H36N2O4/c1-3-39-33(38)29-13-8-20-34(24-29)32(37)22-27-14-17-30(18-15-27)35(23-28-12-7-9-25(2)21-28)31(36)19-16-26-10-5-4-6-11-26/h4-7,9-12,14-19,21,29H,3,8,13,20,22-24H2,1-2H3/b19-16+/t29-/m1/s1. The van der Waals surface area contributed by atoms with Crippen LogP contribution in [0.25, 0.3) is 6.08 Å². The Bertz CT molecular complexity index is 1300. The van der Waals surface area contributed by atoms with E-state index in [4.69, 9.17) is 4.74 Å². The molecule has 1 atom stereocenters. The molecule has 0 aromatic heterocycles. The largest absolute Gasteiger partial charge is 0.466 e. The highest BCUT2D eigenvalue weighted by molar-refractivity contribution is 6.03. The van der Waals surface area contributed by atoms with Gasteiger partial charge >= 0.3 is 5.97 Å². The topological polar surface area (TPSA) is 66.9 Å². The van der Waals surface area contributed by atoms with Crippen LogP contribution in [0.15, 0.2) is 84.9 Å². The normalized spacial score (nSPS) is 15.2. The third kappa shape index (κ3) is 7.90. The van der Waals surface area contributed by atoms with Gasteiger partial charge in [-0.05, 0) is 61.6 Å². The Hall–Kier alpha value is -4.19. The summed E-state index contributed by atoms with van der Waals surface area (Å²) in [6, 6.07) is 25.5. The first-order valence-electron chi connectivity index (χ1n) is 13.6. The van der Waals surface area contributed by atoms with Crippen molar-refractivity contribution >= 4 is 29.5 Å². The highest BCUT2D eigenvalue weighted by Gasteiger charge is 2.29. The molecule has 0 N–H and O–H groups in total. The molecule has 1 heterocycles. The number of likely N-dealkylation sites (tertiary alicyclic amines) is 1. The molecule has 3 aromatic rings. The Morgan fingerprint density at radius 3 is 2.46 bits per heavy atom. The predicted octanol–water partition coefficient (Wildman–Crippen LogP) is 5.59. The number of carbonyl (C=O) groups is 3. The van der Waals surface area contributed by atoms with Crippen LogP contribution < -0.4 is 4.90 Å². The van der Waals surface area contributed by atoms with Crippen LogP contribution in [0.3, 0.4) is 0 Å². The van der Waals surface area contributed by atoms with Crippen molar-refractivity contribution in [1.82, 2.24) is 4.90 Å². The summed E-state index contributed by atoms with van der Waals surface area (Å²) in [6.45, 7) is 5.67. The Labute approximate surface area is 230 Å². The molecular weight excluding hydrogens is 488 g/mol. The number of anilines is 1. The van der Waals surface area contributed by atoms with Gasteiger partial charge in [0.2, 0.25) is 5.91 Å². The van der Waals surface area contributed by atoms with Crippen LogP contribution in [-0.4, -0.2) is 42.4 Å². The SMILES string of the molecule is CCOC(=O)[C@@H]1CCCN(C(=O)Cc2ccc(N(Cc3cccc(C)c3)C(=O)/C=C/c3ccccc3)cc2)C1. The van der Waals surface area contributed by atoms with Crippen molar-refractivity contribution in [2.24, 2.45) is 5.92 Å². The van der Waals surface area contributed by atoms with Crippen LogP contribution in [0.1, 0.15) is 42.0 Å². The average molecular weight is 525 g/mol. The third-order valence-corrected chi connectivity index (χ3v) is 6.90. The summed E-state index contributed by atoms with van der Waals surface area (Å²) in [6.07, 6.45) is 5.21. The van der Waals surface area contributed by atoms with Crippen LogP contribution in [-0.2, 0) is 32.1 Å². The molecule has 39 heavy (non-hydrogen) atoms. The highest BCUT2D eigenvalue weighted by Crippen LogP contribution is 2.22. The van der Waals surface area contributed by atoms with Crippen LogP contribution in [0.4, 0.5) is 5.69 Å². The van der Waals surface area contributed by atoms with Gasteiger partial charge in [0, 0.05) is 24.9 Å². The maximum atomic E-state index is 13.3. The molecule has 6 heteroatoms. The maximum absolute atomic E-state index is 13.3. The number of hydrogen-bond acceptors (Lipinski definition) is 4. The number of carbonyl (C=O) groups excluding carboxylic acids is 3. The van der Waals surface area contributed by atoms with Gasteiger partial charge in [0.15, 0.2) is 0 Å². The smallest absolute Gasteiger partial charge is 0.310 e. The van der Waals surface area contributed by atoms with Crippen LogP contribution in [0, 0.1) is 12.8 Å². The number of aryl methyl sites for hydroxylation is 1. The lowest BCUT2D eigenvalue weighted by Crippen LogP contribution is -2.43. The zero-order valence-corrected chi connectivity index (χ0v) is 22.7. The van der Waals surface area contributed by atoms with E-state index in [1.807, 2.05) is 85.8 Å². The number of nitrogens with zero attached hydrogens (tertiary/aromatic N) is 2. The summed E-state index contributed by atoms with van der Waals surface area (Å²) in [5, 5.41) is 0. The molecule has 1 aliphatic heterocycles. The van der Waals surface area contributed by atoms with E-state index >= 15 is 0 Å². The van der Waals surface area contributed by atoms with Crippen molar-refractivity contribution in [3.8, 4) is 0 Å². The van der Waals surface area contributed by atoms with E-state index in [0.29, 0.717) is 26.2 Å². The second kappa shape index (κ2) is 13.6. The minimum Gasteiger partial charge on any atom is -0.466 e. The number of amides is 2.